The number of ether oxygens (including phenoxy) is 1. The van der Waals surface area contributed by atoms with E-state index < -0.39 is 11.7 Å². The number of halogens is 3. The van der Waals surface area contributed by atoms with Crippen molar-refractivity contribution in [1.29, 1.82) is 0 Å². The van der Waals surface area contributed by atoms with E-state index in [1.54, 1.807) is 6.07 Å². The average Bonchev–Trinajstić information content (AvgIpc) is 2.51. The normalized spacial score (nSPS) is 13.1. The smallest absolute Gasteiger partial charge is 0.416 e. The van der Waals surface area contributed by atoms with Crippen molar-refractivity contribution in [3.05, 3.63) is 65.7 Å². The molecular weight excluding hydrogens is 303 g/mol. The van der Waals surface area contributed by atoms with Gasteiger partial charge < -0.3 is 9.64 Å². The fourth-order valence-corrected chi connectivity index (χ4v) is 2.25. The highest BCUT2D eigenvalue weighted by atomic mass is 19.4. The third kappa shape index (κ3) is 5.28. The van der Waals surface area contributed by atoms with Crippen LogP contribution in [0.4, 0.5) is 13.2 Å². The first-order valence-electron chi connectivity index (χ1n) is 7.40. The van der Waals surface area contributed by atoms with Gasteiger partial charge in [-0.1, -0.05) is 36.4 Å². The Kier molecular flexibility index (Phi) is 5.66. The molecule has 0 spiro atoms. The van der Waals surface area contributed by atoms with Crippen LogP contribution in [0.2, 0.25) is 0 Å². The van der Waals surface area contributed by atoms with E-state index in [-0.39, 0.29) is 11.9 Å². The summed E-state index contributed by atoms with van der Waals surface area (Å²) < 4.78 is 44.3. The van der Waals surface area contributed by atoms with E-state index in [0.29, 0.717) is 6.42 Å². The second-order valence-corrected chi connectivity index (χ2v) is 5.63. The molecule has 0 aliphatic heterocycles. The van der Waals surface area contributed by atoms with Crippen LogP contribution in [0.3, 0.4) is 0 Å². The van der Waals surface area contributed by atoms with Crippen LogP contribution < -0.4 is 4.74 Å². The molecule has 0 aromatic heterocycles. The molecule has 0 N–H and O–H groups in total. The van der Waals surface area contributed by atoms with Gasteiger partial charge in [0.1, 0.15) is 11.9 Å². The summed E-state index contributed by atoms with van der Waals surface area (Å²) >= 11 is 0. The van der Waals surface area contributed by atoms with E-state index in [2.05, 4.69) is 0 Å². The molecule has 0 fully saturated rings. The minimum atomic E-state index is -4.37. The van der Waals surface area contributed by atoms with Gasteiger partial charge in [-0.15, -0.1) is 0 Å². The van der Waals surface area contributed by atoms with Gasteiger partial charge in [-0.2, -0.15) is 13.2 Å². The van der Waals surface area contributed by atoms with Crippen molar-refractivity contribution in [1.82, 2.24) is 4.90 Å². The predicted octanol–water partition coefficient (Wildman–Crippen LogP) is 4.78. The lowest BCUT2D eigenvalue weighted by Gasteiger charge is -2.22. The Bertz CT molecular complexity index is 611. The maximum absolute atomic E-state index is 12.8. The van der Waals surface area contributed by atoms with Crippen molar-refractivity contribution in [3.63, 3.8) is 0 Å². The minimum Gasteiger partial charge on any atom is -0.486 e. The summed E-state index contributed by atoms with van der Waals surface area (Å²) in [6.45, 7) is 0.776. The molecule has 0 aliphatic carbocycles. The zero-order valence-electron chi connectivity index (χ0n) is 13.2. The Morgan fingerprint density at radius 2 is 1.70 bits per heavy atom. The molecule has 0 amide bonds. The van der Waals surface area contributed by atoms with Gasteiger partial charge in [0.05, 0.1) is 5.56 Å². The predicted molar refractivity (Wildman–Crippen MR) is 84.4 cm³/mol. The lowest BCUT2D eigenvalue weighted by Crippen LogP contribution is -2.19. The molecule has 124 valence electrons. The molecule has 2 aromatic carbocycles. The number of hydrogen-bond donors (Lipinski definition) is 0. The summed E-state index contributed by atoms with van der Waals surface area (Å²) in [5, 5.41) is 0. The van der Waals surface area contributed by atoms with Gasteiger partial charge >= 0.3 is 6.18 Å². The lowest BCUT2D eigenvalue weighted by molar-refractivity contribution is -0.137. The molecule has 0 aliphatic rings. The second kappa shape index (κ2) is 7.51. The van der Waals surface area contributed by atoms with Gasteiger partial charge in [-0.3, -0.25) is 0 Å². The average molecular weight is 323 g/mol. The molecule has 1 atom stereocenters. The third-order valence-corrected chi connectivity index (χ3v) is 3.45. The first-order valence-corrected chi connectivity index (χ1v) is 7.40. The fraction of sp³-hybridized carbons (Fsp3) is 0.333. The molecule has 0 heterocycles. The van der Waals surface area contributed by atoms with Crippen molar-refractivity contribution in [2.45, 2.75) is 18.7 Å². The van der Waals surface area contributed by atoms with Crippen LogP contribution in [0, 0.1) is 0 Å². The van der Waals surface area contributed by atoms with Crippen molar-refractivity contribution < 1.29 is 17.9 Å². The Labute approximate surface area is 134 Å². The summed E-state index contributed by atoms with van der Waals surface area (Å²) in [5.74, 6) is 0.229. The number of rotatable bonds is 6. The summed E-state index contributed by atoms with van der Waals surface area (Å²) in [6.07, 6.45) is -3.97. The monoisotopic (exact) mass is 323 g/mol. The van der Waals surface area contributed by atoms with Gasteiger partial charge in [0.25, 0.3) is 0 Å². The van der Waals surface area contributed by atoms with Crippen LogP contribution in [0.25, 0.3) is 0 Å². The highest BCUT2D eigenvalue weighted by molar-refractivity contribution is 5.31. The van der Waals surface area contributed by atoms with E-state index in [9.17, 15) is 13.2 Å². The largest absolute Gasteiger partial charge is 0.486 e. The quantitative estimate of drug-likeness (QED) is 0.759. The first-order chi connectivity index (χ1) is 10.9. The molecular formula is C18H20F3NO. The summed E-state index contributed by atoms with van der Waals surface area (Å²) in [4.78, 5) is 2.02. The summed E-state index contributed by atoms with van der Waals surface area (Å²) in [7, 11) is 3.90. The maximum atomic E-state index is 12.8. The third-order valence-electron chi connectivity index (χ3n) is 3.45. The van der Waals surface area contributed by atoms with Crippen LogP contribution in [0.5, 0.6) is 5.75 Å². The zero-order valence-corrected chi connectivity index (χ0v) is 13.2. The van der Waals surface area contributed by atoms with Crippen LogP contribution in [-0.4, -0.2) is 25.5 Å². The zero-order chi connectivity index (χ0) is 16.9. The Balaban J connectivity index is 2.20. The van der Waals surface area contributed by atoms with Crippen LogP contribution in [0.1, 0.15) is 23.7 Å². The molecule has 2 aromatic rings. The number of nitrogens with zero attached hydrogens (tertiary/aromatic N) is 1. The van der Waals surface area contributed by atoms with E-state index in [1.807, 2.05) is 49.3 Å². The van der Waals surface area contributed by atoms with Gasteiger partial charge in [-0.05, 0) is 37.9 Å². The van der Waals surface area contributed by atoms with Gasteiger partial charge in [0, 0.05) is 13.0 Å². The highest BCUT2D eigenvalue weighted by Crippen LogP contribution is 2.33. The minimum absolute atomic E-state index is 0.229. The topological polar surface area (TPSA) is 12.5 Å². The number of benzene rings is 2. The number of hydrogen-bond acceptors (Lipinski definition) is 2. The molecule has 0 saturated heterocycles. The van der Waals surface area contributed by atoms with Gasteiger partial charge in [0.15, 0.2) is 0 Å². The lowest BCUT2D eigenvalue weighted by atomic mass is 10.1. The molecule has 2 rings (SSSR count). The molecule has 2 nitrogen and oxygen atoms in total. The van der Waals surface area contributed by atoms with Crippen molar-refractivity contribution in [2.24, 2.45) is 0 Å². The Hall–Kier alpha value is -2.01. The van der Waals surface area contributed by atoms with Crippen LogP contribution in [0.15, 0.2) is 54.6 Å². The van der Waals surface area contributed by atoms with E-state index in [4.69, 9.17) is 4.74 Å². The second-order valence-electron chi connectivity index (χ2n) is 5.63. The SMILES string of the molecule is CN(C)CCC(Oc1cccc(C(F)(F)F)c1)c1ccccc1. The fourth-order valence-electron chi connectivity index (χ4n) is 2.25. The maximum Gasteiger partial charge on any atom is 0.416 e. The molecule has 0 radical (unpaired) electrons. The first kappa shape index (κ1) is 17.3. The number of alkyl halides is 3. The summed E-state index contributed by atoms with van der Waals surface area (Å²) in [5.41, 5.74) is 0.251. The Morgan fingerprint density at radius 1 is 1.00 bits per heavy atom. The molecule has 0 bridgehead atoms. The molecule has 0 saturated carbocycles. The van der Waals surface area contributed by atoms with E-state index in [1.165, 1.54) is 6.07 Å². The van der Waals surface area contributed by atoms with Crippen LogP contribution >= 0.6 is 0 Å². The molecule has 23 heavy (non-hydrogen) atoms. The van der Waals surface area contributed by atoms with Crippen LogP contribution in [-0.2, 0) is 6.18 Å². The summed E-state index contributed by atoms with van der Waals surface area (Å²) in [6, 6.07) is 14.6. The van der Waals surface area contributed by atoms with Crippen molar-refractivity contribution in [2.75, 3.05) is 20.6 Å². The van der Waals surface area contributed by atoms with Gasteiger partial charge in [0.2, 0.25) is 0 Å². The Morgan fingerprint density at radius 3 is 2.30 bits per heavy atom. The molecule has 1 unspecified atom stereocenters. The van der Waals surface area contributed by atoms with E-state index >= 15 is 0 Å². The standard InChI is InChI=1S/C18H20F3NO/c1-22(2)12-11-17(14-7-4-3-5-8-14)23-16-10-6-9-15(13-16)18(19,20)21/h3-10,13,17H,11-12H2,1-2H3. The van der Waals surface area contributed by atoms with Crippen molar-refractivity contribution >= 4 is 0 Å². The van der Waals surface area contributed by atoms with Crippen molar-refractivity contribution in [3.8, 4) is 5.75 Å². The molecule has 5 heteroatoms. The van der Waals surface area contributed by atoms with Gasteiger partial charge in [-0.25, -0.2) is 0 Å². The highest BCUT2D eigenvalue weighted by Gasteiger charge is 2.30. The van der Waals surface area contributed by atoms with E-state index in [0.717, 1.165) is 24.2 Å².